The Balaban J connectivity index is 1.34. The molecule has 0 aromatic heterocycles. The van der Waals surface area contributed by atoms with Gasteiger partial charge in [-0.05, 0) is 59.2 Å². The molecule has 12 heteroatoms. The summed E-state index contributed by atoms with van der Waals surface area (Å²) in [6.07, 6.45) is -4.04. The van der Waals surface area contributed by atoms with E-state index < -0.39 is 54.2 Å². The van der Waals surface area contributed by atoms with Gasteiger partial charge in [0.2, 0.25) is 11.8 Å². The zero-order chi connectivity index (χ0) is 33.9. The van der Waals surface area contributed by atoms with Crippen molar-refractivity contribution in [2.45, 2.75) is 49.9 Å². The first-order valence-corrected chi connectivity index (χ1v) is 15.4. The van der Waals surface area contributed by atoms with Gasteiger partial charge in [0.05, 0.1) is 5.56 Å². The van der Waals surface area contributed by atoms with E-state index in [1.807, 2.05) is 48.5 Å². The van der Waals surface area contributed by atoms with Gasteiger partial charge in [-0.15, -0.1) is 0 Å². The lowest BCUT2D eigenvalue weighted by molar-refractivity contribution is -0.150. The molecule has 1 aliphatic heterocycles. The van der Waals surface area contributed by atoms with Crippen molar-refractivity contribution >= 4 is 23.9 Å². The number of benzene rings is 3. The van der Waals surface area contributed by atoms with Crippen LogP contribution in [0.15, 0.2) is 72.8 Å². The number of carbonyl (C=O) groups excluding carboxylic acids is 3. The SMILES string of the molecule is CN(CC(=O)O)C(=O)[C@H](Cc1ccc(C(F)(F)F)cc1)N1CCCC[C@H](N(C)C(=O)OCC2c3ccccc3-c3ccccc32)C1=O. The minimum absolute atomic E-state index is 0.0524. The fourth-order valence-electron chi connectivity index (χ4n) is 6.46. The van der Waals surface area contributed by atoms with Crippen molar-refractivity contribution in [1.82, 2.24) is 14.7 Å². The number of ether oxygens (including phenoxy) is 1. The molecule has 2 aliphatic rings. The van der Waals surface area contributed by atoms with Crippen LogP contribution in [-0.4, -0.2) is 89.6 Å². The average molecular weight is 652 g/mol. The van der Waals surface area contributed by atoms with Crippen molar-refractivity contribution in [2.75, 3.05) is 33.8 Å². The van der Waals surface area contributed by atoms with E-state index in [0.717, 1.165) is 39.3 Å². The van der Waals surface area contributed by atoms with Crippen molar-refractivity contribution in [3.63, 3.8) is 0 Å². The number of nitrogens with zero attached hydrogens (tertiary/aromatic N) is 3. The highest BCUT2D eigenvalue weighted by Gasteiger charge is 2.40. The standard InChI is InChI=1S/C35H36F3N3O6/c1-39(20-31(42)43)32(44)30(19-22-14-16-23(17-15-22)35(36,37)38)41-18-8-7-13-29(33(41)45)40(2)34(46)47-21-28-26-11-5-3-9-24(26)25-10-4-6-12-27(25)28/h3-6,9-12,14-17,28-30H,7-8,13,18-21H2,1-2H3,(H,42,43)/t29-,30-/m0/s1. The summed E-state index contributed by atoms with van der Waals surface area (Å²) in [5, 5.41) is 9.29. The maximum absolute atomic E-state index is 14.1. The Labute approximate surface area is 270 Å². The fourth-order valence-corrected chi connectivity index (χ4v) is 6.46. The highest BCUT2D eigenvalue weighted by molar-refractivity contribution is 5.92. The van der Waals surface area contributed by atoms with E-state index in [9.17, 15) is 37.5 Å². The molecule has 0 saturated carbocycles. The molecule has 5 rings (SSSR count). The lowest BCUT2D eigenvalue weighted by Crippen LogP contribution is -2.56. The number of carboxylic acid groups (broad SMARTS) is 1. The molecule has 3 aromatic carbocycles. The third-order valence-corrected chi connectivity index (χ3v) is 8.91. The number of hydrogen-bond donors (Lipinski definition) is 1. The van der Waals surface area contributed by atoms with Crippen LogP contribution in [0.1, 0.15) is 47.4 Å². The van der Waals surface area contributed by atoms with E-state index >= 15 is 0 Å². The van der Waals surface area contributed by atoms with Crippen LogP contribution in [-0.2, 0) is 31.7 Å². The monoisotopic (exact) mass is 651 g/mol. The molecular weight excluding hydrogens is 615 g/mol. The molecule has 3 aromatic rings. The summed E-state index contributed by atoms with van der Waals surface area (Å²) in [7, 11) is 2.76. The second-order valence-corrected chi connectivity index (χ2v) is 12.0. The summed E-state index contributed by atoms with van der Waals surface area (Å²) in [5.41, 5.74) is 3.72. The average Bonchev–Trinajstić information content (AvgIpc) is 3.23. The fraction of sp³-hybridized carbons (Fsp3) is 0.371. The van der Waals surface area contributed by atoms with Gasteiger partial charge in [0.15, 0.2) is 0 Å². The van der Waals surface area contributed by atoms with Crippen LogP contribution < -0.4 is 0 Å². The Morgan fingerprint density at radius 1 is 0.936 bits per heavy atom. The molecule has 2 atom stereocenters. The minimum Gasteiger partial charge on any atom is -0.480 e. The summed E-state index contributed by atoms with van der Waals surface area (Å²) >= 11 is 0. The smallest absolute Gasteiger partial charge is 0.416 e. The summed E-state index contributed by atoms with van der Waals surface area (Å²) in [6.45, 7) is -0.434. The highest BCUT2D eigenvalue weighted by Crippen LogP contribution is 2.44. The van der Waals surface area contributed by atoms with E-state index in [0.29, 0.717) is 24.8 Å². The van der Waals surface area contributed by atoms with E-state index in [1.165, 1.54) is 36.0 Å². The van der Waals surface area contributed by atoms with Gasteiger partial charge in [-0.3, -0.25) is 19.3 Å². The van der Waals surface area contributed by atoms with Crippen LogP contribution in [0.5, 0.6) is 0 Å². The maximum atomic E-state index is 14.1. The second-order valence-electron chi connectivity index (χ2n) is 12.0. The van der Waals surface area contributed by atoms with Crippen molar-refractivity contribution in [1.29, 1.82) is 0 Å². The molecule has 0 radical (unpaired) electrons. The largest absolute Gasteiger partial charge is 0.480 e. The molecule has 3 amide bonds. The number of hydrogen-bond acceptors (Lipinski definition) is 5. The van der Waals surface area contributed by atoms with Gasteiger partial charge in [-0.25, -0.2) is 4.79 Å². The van der Waals surface area contributed by atoms with Gasteiger partial charge >= 0.3 is 18.2 Å². The predicted octanol–water partition coefficient (Wildman–Crippen LogP) is 5.42. The lowest BCUT2D eigenvalue weighted by Gasteiger charge is -2.36. The number of carboxylic acids is 1. The third-order valence-electron chi connectivity index (χ3n) is 8.91. The number of likely N-dealkylation sites (N-methyl/N-ethyl adjacent to an activating group) is 2. The molecular formula is C35H36F3N3O6. The van der Waals surface area contributed by atoms with Crippen molar-refractivity contribution < 1.29 is 42.2 Å². The third kappa shape index (κ3) is 7.26. The van der Waals surface area contributed by atoms with Gasteiger partial charge in [0.1, 0.15) is 25.2 Å². The van der Waals surface area contributed by atoms with Crippen LogP contribution in [0, 0.1) is 0 Å². The number of fused-ring (bicyclic) bond motifs is 3. The Morgan fingerprint density at radius 3 is 2.11 bits per heavy atom. The number of aliphatic carboxylic acids is 1. The molecule has 1 saturated heterocycles. The van der Waals surface area contributed by atoms with Gasteiger partial charge in [-0.1, -0.05) is 60.7 Å². The highest BCUT2D eigenvalue weighted by atomic mass is 19.4. The van der Waals surface area contributed by atoms with Gasteiger partial charge in [-0.2, -0.15) is 13.2 Å². The molecule has 0 bridgehead atoms. The van der Waals surface area contributed by atoms with Gasteiger partial charge in [0.25, 0.3) is 0 Å². The minimum atomic E-state index is -4.55. The molecule has 1 N–H and O–H groups in total. The van der Waals surface area contributed by atoms with E-state index in [2.05, 4.69) is 0 Å². The predicted molar refractivity (Wildman–Crippen MR) is 166 cm³/mol. The number of halogens is 3. The quantitative estimate of drug-likeness (QED) is 0.331. The molecule has 1 aliphatic carbocycles. The van der Waals surface area contributed by atoms with Crippen LogP contribution in [0.25, 0.3) is 11.1 Å². The normalized spacial score (nSPS) is 16.9. The second kappa shape index (κ2) is 13.9. The lowest BCUT2D eigenvalue weighted by atomic mass is 9.98. The summed E-state index contributed by atoms with van der Waals surface area (Å²) in [5.74, 6) is -2.64. The Hall–Kier alpha value is -4.87. The molecule has 0 spiro atoms. The molecule has 248 valence electrons. The maximum Gasteiger partial charge on any atom is 0.416 e. The van der Waals surface area contributed by atoms with Crippen molar-refractivity contribution in [3.8, 4) is 11.1 Å². The van der Waals surface area contributed by atoms with E-state index in [4.69, 9.17) is 4.74 Å². The first-order chi connectivity index (χ1) is 22.4. The number of likely N-dealkylation sites (tertiary alicyclic amines) is 1. The summed E-state index contributed by atoms with van der Waals surface area (Å²) in [4.78, 5) is 56.0. The summed E-state index contributed by atoms with van der Waals surface area (Å²) < 4.78 is 45.3. The zero-order valence-electron chi connectivity index (χ0n) is 26.1. The van der Waals surface area contributed by atoms with Crippen molar-refractivity contribution in [2.24, 2.45) is 0 Å². The molecule has 47 heavy (non-hydrogen) atoms. The van der Waals surface area contributed by atoms with Crippen LogP contribution in [0.2, 0.25) is 0 Å². The number of alkyl halides is 3. The first-order valence-electron chi connectivity index (χ1n) is 15.4. The van der Waals surface area contributed by atoms with Gasteiger partial charge < -0.3 is 19.6 Å². The van der Waals surface area contributed by atoms with E-state index in [1.54, 1.807) is 0 Å². The number of carbonyl (C=O) groups is 4. The Kier molecular flexibility index (Phi) is 9.88. The van der Waals surface area contributed by atoms with Crippen molar-refractivity contribution in [3.05, 3.63) is 95.1 Å². The number of rotatable bonds is 9. The van der Waals surface area contributed by atoms with Crippen LogP contribution in [0.4, 0.5) is 18.0 Å². The molecule has 0 unspecified atom stereocenters. The Bertz CT molecular complexity index is 1600. The topological polar surface area (TPSA) is 107 Å². The molecule has 1 heterocycles. The number of amides is 3. The summed E-state index contributed by atoms with van der Waals surface area (Å²) in [6, 6.07) is 17.9. The molecule has 1 fully saturated rings. The van der Waals surface area contributed by atoms with Crippen LogP contribution in [0.3, 0.4) is 0 Å². The van der Waals surface area contributed by atoms with Gasteiger partial charge in [0, 0.05) is 33.0 Å². The molecule has 9 nitrogen and oxygen atoms in total. The Morgan fingerprint density at radius 2 is 1.53 bits per heavy atom. The zero-order valence-corrected chi connectivity index (χ0v) is 26.1. The first kappa shape index (κ1) is 33.5. The van der Waals surface area contributed by atoms with E-state index in [-0.39, 0.29) is 25.5 Å². The van der Waals surface area contributed by atoms with Crippen LogP contribution >= 0.6 is 0 Å².